The van der Waals surface area contributed by atoms with Gasteiger partial charge in [-0.2, -0.15) is 0 Å². The highest BCUT2D eigenvalue weighted by Crippen LogP contribution is 2.20. The number of halogens is 1. The van der Waals surface area contributed by atoms with Gasteiger partial charge in [0.05, 0.1) is 10.9 Å². The van der Waals surface area contributed by atoms with Crippen LogP contribution in [-0.4, -0.2) is 19.7 Å². The van der Waals surface area contributed by atoms with Crippen LogP contribution in [0.25, 0.3) is 0 Å². The number of hydrazine groups is 1. The molecule has 0 spiro atoms. The fourth-order valence-corrected chi connectivity index (χ4v) is 2.82. The molecule has 1 heterocycles. The first kappa shape index (κ1) is 16.1. The van der Waals surface area contributed by atoms with Gasteiger partial charge in [0.1, 0.15) is 0 Å². The average molecular weight is 370 g/mol. The first-order valence-electron chi connectivity index (χ1n) is 6.27. The number of nitrogens with two attached hydrogens (primary N) is 1. The van der Waals surface area contributed by atoms with E-state index in [9.17, 15) is 8.42 Å². The molecular weight excluding hydrogens is 354 g/mol. The molecule has 1 aromatic carbocycles. The lowest BCUT2D eigenvalue weighted by Crippen LogP contribution is -2.29. The van der Waals surface area contributed by atoms with Gasteiger partial charge in [-0.25, -0.2) is 8.42 Å². The van der Waals surface area contributed by atoms with E-state index < -0.39 is 9.84 Å². The SMILES string of the molecule is CS(=O)(=O)c1ccc(C(Cc2ccc(Br)cn2)NN)cc1. The topological polar surface area (TPSA) is 85.1 Å². The number of benzene rings is 1. The Bertz CT molecular complexity index is 700. The maximum Gasteiger partial charge on any atom is 0.175 e. The minimum atomic E-state index is -3.18. The molecule has 0 aliphatic rings. The second kappa shape index (κ2) is 6.65. The van der Waals surface area contributed by atoms with Gasteiger partial charge in [0.25, 0.3) is 0 Å². The maximum atomic E-state index is 11.5. The van der Waals surface area contributed by atoms with E-state index in [4.69, 9.17) is 5.84 Å². The fraction of sp³-hybridized carbons (Fsp3) is 0.214. The monoisotopic (exact) mass is 369 g/mol. The van der Waals surface area contributed by atoms with Gasteiger partial charge in [0.15, 0.2) is 9.84 Å². The zero-order valence-electron chi connectivity index (χ0n) is 11.5. The number of hydrogen-bond donors (Lipinski definition) is 2. The van der Waals surface area contributed by atoms with Gasteiger partial charge in [-0.1, -0.05) is 12.1 Å². The first-order valence-corrected chi connectivity index (χ1v) is 8.95. The lowest BCUT2D eigenvalue weighted by molar-refractivity contribution is 0.545. The van der Waals surface area contributed by atoms with Crippen molar-refractivity contribution in [3.63, 3.8) is 0 Å². The van der Waals surface area contributed by atoms with E-state index in [0.717, 1.165) is 15.7 Å². The van der Waals surface area contributed by atoms with Crippen LogP contribution in [0.4, 0.5) is 0 Å². The standard InChI is InChI=1S/C14H16BrN3O2S/c1-21(19,20)13-6-2-10(3-7-13)14(18-16)8-12-5-4-11(15)9-17-12/h2-7,9,14,18H,8,16H2,1H3. The van der Waals surface area contributed by atoms with Crippen molar-refractivity contribution in [1.82, 2.24) is 10.4 Å². The quantitative estimate of drug-likeness (QED) is 0.621. The van der Waals surface area contributed by atoms with Crippen LogP contribution in [0, 0.1) is 0 Å². The number of rotatable bonds is 5. The average Bonchev–Trinajstić information content (AvgIpc) is 2.46. The molecule has 0 aliphatic heterocycles. The van der Waals surface area contributed by atoms with Crippen LogP contribution < -0.4 is 11.3 Å². The molecule has 0 aliphatic carbocycles. The largest absolute Gasteiger partial charge is 0.271 e. The summed E-state index contributed by atoms with van der Waals surface area (Å²) < 4.78 is 23.8. The Morgan fingerprint density at radius 1 is 1.24 bits per heavy atom. The van der Waals surface area contributed by atoms with E-state index in [1.165, 1.54) is 6.26 Å². The van der Waals surface area contributed by atoms with Crippen LogP contribution in [0.2, 0.25) is 0 Å². The second-order valence-electron chi connectivity index (χ2n) is 4.73. The molecule has 0 fully saturated rings. The summed E-state index contributed by atoms with van der Waals surface area (Å²) in [6.45, 7) is 0. The Labute approximate surface area is 132 Å². The number of nitrogens with one attached hydrogen (secondary N) is 1. The Kier molecular flexibility index (Phi) is 5.10. The molecule has 1 unspecified atom stereocenters. The number of sulfone groups is 1. The number of pyridine rings is 1. The first-order chi connectivity index (χ1) is 9.90. The van der Waals surface area contributed by atoms with Crippen LogP contribution in [-0.2, 0) is 16.3 Å². The minimum absolute atomic E-state index is 0.132. The summed E-state index contributed by atoms with van der Waals surface area (Å²) in [5.41, 5.74) is 4.55. The van der Waals surface area contributed by atoms with Gasteiger partial charge < -0.3 is 0 Å². The molecule has 0 saturated carbocycles. The van der Waals surface area contributed by atoms with Crippen LogP contribution >= 0.6 is 15.9 Å². The fourth-order valence-electron chi connectivity index (χ4n) is 1.96. The molecule has 2 aromatic rings. The predicted molar refractivity (Wildman–Crippen MR) is 85.3 cm³/mol. The summed E-state index contributed by atoms with van der Waals surface area (Å²) in [6, 6.07) is 10.4. The lowest BCUT2D eigenvalue weighted by Gasteiger charge is -2.16. The van der Waals surface area contributed by atoms with Crippen molar-refractivity contribution in [2.75, 3.05) is 6.26 Å². The highest BCUT2D eigenvalue weighted by molar-refractivity contribution is 9.10. The maximum absolute atomic E-state index is 11.5. The number of hydrogen-bond acceptors (Lipinski definition) is 5. The highest BCUT2D eigenvalue weighted by atomic mass is 79.9. The predicted octanol–water partition coefficient (Wildman–Crippen LogP) is 1.99. The van der Waals surface area contributed by atoms with E-state index in [1.54, 1.807) is 30.5 Å². The molecule has 0 amide bonds. The zero-order chi connectivity index (χ0) is 15.5. The molecule has 1 atom stereocenters. The molecule has 0 bridgehead atoms. The van der Waals surface area contributed by atoms with Gasteiger partial charge in [-0.05, 0) is 45.8 Å². The van der Waals surface area contributed by atoms with Crippen molar-refractivity contribution in [3.8, 4) is 0 Å². The number of nitrogens with zero attached hydrogens (tertiary/aromatic N) is 1. The van der Waals surface area contributed by atoms with Crippen molar-refractivity contribution in [2.45, 2.75) is 17.4 Å². The molecule has 0 radical (unpaired) electrons. The Hall–Kier alpha value is -1.28. The highest BCUT2D eigenvalue weighted by Gasteiger charge is 2.13. The molecule has 2 rings (SSSR count). The summed E-state index contributed by atoms with van der Waals surface area (Å²) in [7, 11) is -3.18. The molecule has 0 saturated heterocycles. The van der Waals surface area contributed by atoms with Crippen LogP contribution in [0.15, 0.2) is 52.0 Å². The van der Waals surface area contributed by atoms with Gasteiger partial charge >= 0.3 is 0 Å². The molecule has 3 N–H and O–H groups in total. The van der Waals surface area contributed by atoms with Crippen LogP contribution in [0.1, 0.15) is 17.3 Å². The van der Waals surface area contributed by atoms with Crippen molar-refractivity contribution in [2.24, 2.45) is 5.84 Å². The molecule has 112 valence electrons. The van der Waals surface area contributed by atoms with Gasteiger partial charge in [-0.3, -0.25) is 16.3 Å². The van der Waals surface area contributed by atoms with Gasteiger partial charge in [0, 0.05) is 29.0 Å². The van der Waals surface area contributed by atoms with Crippen molar-refractivity contribution in [3.05, 3.63) is 58.3 Å². The van der Waals surface area contributed by atoms with E-state index in [0.29, 0.717) is 11.3 Å². The third-order valence-electron chi connectivity index (χ3n) is 3.11. The summed E-state index contributed by atoms with van der Waals surface area (Å²) >= 11 is 3.34. The van der Waals surface area contributed by atoms with Crippen LogP contribution in [0.5, 0.6) is 0 Å². The van der Waals surface area contributed by atoms with Crippen molar-refractivity contribution < 1.29 is 8.42 Å². The summed E-state index contributed by atoms with van der Waals surface area (Å²) in [5, 5.41) is 0. The lowest BCUT2D eigenvalue weighted by atomic mass is 10.0. The molecule has 7 heteroatoms. The smallest absolute Gasteiger partial charge is 0.175 e. The Balaban J connectivity index is 2.19. The van der Waals surface area contributed by atoms with E-state index in [1.807, 2.05) is 12.1 Å². The normalized spacial score (nSPS) is 13.1. The molecule has 5 nitrogen and oxygen atoms in total. The van der Waals surface area contributed by atoms with Gasteiger partial charge in [0.2, 0.25) is 0 Å². The Morgan fingerprint density at radius 2 is 1.90 bits per heavy atom. The summed E-state index contributed by atoms with van der Waals surface area (Å²) in [5.74, 6) is 5.60. The van der Waals surface area contributed by atoms with Gasteiger partial charge in [-0.15, -0.1) is 0 Å². The van der Waals surface area contributed by atoms with E-state index in [2.05, 4.69) is 26.3 Å². The van der Waals surface area contributed by atoms with E-state index in [-0.39, 0.29) is 6.04 Å². The van der Waals surface area contributed by atoms with Crippen molar-refractivity contribution in [1.29, 1.82) is 0 Å². The third-order valence-corrected chi connectivity index (χ3v) is 4.71. The minimum Gasteiger partial charge on any atom is -0.271 e. The van der Waals surface area contributed by atoms with E-state index >= 15 is 0 Å². The second-order valence-corrected chi connectivity index (χ2v) is 7.66. The third kappa shape index (κ3) is 4.34. The Morgan fingerprint density at radius 3 is 2.38 bits per heavy atom. The van der Waals surface area contributed by atoms with Crippen molar-refractivity contribution >= 4 is 25.8 Å². The molecule has 21 heavy (non-hydrogen) atoms. The number of aromatic nitrogens is 1. The molecular formula is C14H16BrN3O2S. The van der Waals surface area contributed by atoms with Crippen LogP contribution in [0.3, 0.4) is 0 Å². The zero-order valence-corrected chi connectivity index (χ0v) is 13.9. The summed E-state index contributed by atoms with van der Waals surface area (Å²) in [4.78, 5) is 4.61. The molecule has 1 aromatic heterocycles. The summed E-state index contributed by atoms with van der Waals surface area (Å²) in [6.07, 6.45) is 3.53.